The summed E-state index contributed by atoms with van der Waals surface area (Å²) < 4.78 is 6.23. The van der Waals surface area contributed by atoms with E-state index in [1.807, 2.05) is 24.3 Å². The Kier molecular flexibility index (Phi) is 5.20. The molecule has 2 rings (SSSR count). The van der Waals surface area contributed by atoms with Crippen molar-refractivity contribution in [1.29, 1.82) is 0 Å². The Morgan fingerprint density at radius 1 is 1.33 bits per heavy atom. The van der Waals surface area contributed by atoms with E-state index in [1.165, 1.54) is 0 Å². The Morgan fingerprint density at radius 3 is 2.78 bits per heavy atom. The van der Waals surface area contributed by atoms with E-state index in [-0.39, 0.29) is 5.91 Å². The molecule has 1 aromatic rings. The van der Waals surface area contributed by atoms with Gasteiger partial charge in [-0.3, -0.25) is 4.79 Å². The van der Waals surface area contributed by atoms with Crippen molar-refractivity contribution >= 4 is 27.5 Å². The van der Waals surface area contributed by atoms with E-state index in [0.29, 0.717) is 12.3 Å². The first-order chi connectivity index (χ1) is 8.75. The van der Waals surface area contributed by atoms with Crippen LogP contribution >= 0.6 is 15.9 Å². The van der Waals surface area contributed by atoms with Gasteiger partial charge in [0.05, 0.1) is 5.69 Å². The van der Waals surface area contributed by atoms with E-state index >= 15 is 0 Å². The van der Waals surface area contributed by atoms with Gasteiger partial charge < -0.3 is 10.1 Å². The Bertz CT molecular complexity index is 403. The van der Waals surface area contributed by atoms with Gasteiger partial charge in [0.15, 0.2) is 0 Å². The maximum absolute atomic E-state index is 11.8. The molecule has 1 fully saturated rings. The van der Waals surface area contributed by atoms with Crippen molar-refractivity contribution in [2.75, 3.05) is 18.5 Å². The van der Waals surface area contributed by atoms with Crippen LogP contribution in [0.5, 0.6) is 0 Å². The Hall–Kier alpha value is -0.870. The van der Waals surface area contributed by atoms with Crippen LogP contribution in [0.2, 0.25) is 0 Å². The molecule has 18 heavy (non-hydrogen) atoms. The number of para-hydroxylation sites is 1. The van der Waals surface area contributed by atoms with Crippen molar-refractivity contribution in [2.24, 2.45) is 5.92 Å². The summed E-state index contributed by atoms with van der Waals surface area (Å²) >= 11 is 3.42. The van der Waals surface area contributed by atoms with Gasteiger partial charge in [0.25, 0.3) is 0 Å². The molecule has 1 saturated heterocycles. The van der Waals surface area contributed by atoms with Crippen LogP contribution in [0.4, 0.5) is 5.69 Å². The summed E-state index contributed by atoms with van der Waals surface area (Å²) in [5.41, 5.74) is 0.842. The standard InChI is InChI=1S/C14H18BrNO2/c15-12-3-1-2-4-13(12)16-14(17)6-5-11-7-9-18-10-8-11/h1-4,11H,5-10H2,(H,16,17). The minimum Gasteiger partial charge on any atom is -0.381 e. The molecule has 0 aliphatic carbocycles. The van der Waals surface area contributed by atoms with Crippen LogP contribution < -0.4 is 5.32 Å². The van der Waals surface area contributed by atoms with Gasteiger partial charge in [0.1, 0.15) is 0 Å². The second-order valence-electron chi connectivity index (χ2n) is 4.62. The summed E-state index contributed by atoms with van der Waals surface area (Å²) in [5, 5.41) is 2.93. The van der Waals surface area contributed by atoms with Crippen LogP contribution in [0.15, 0.2) is 28.7 Å². The highest BCUT2D eigenvalue weighted by Gasteiger charge is 2.15. The molecular formula is C14H18BrNO2. The van der Waals surface area contributed by atoms with Crippen LogP contribution in [0.1, 0.15) is 25.7 Å². The fraction of sp³-hybridized carbons (Fsp3) is 0.500. The summed E-state index contributed by atoms with van der Waals surface area (Å²) in [6.07, 6.45) is 3.72. The predicted molar refractivity (Wildman–Crippen MR) is 75.5 cm³/mol. The average Bonchev–Trinajstić information content (AvgIpc) is 2.40. The summed E-state index contributed by atoms with van der Waals surface area (Å²) in [5.74, 6) is 0.733. The van der Waals surface area contributed by atoms with Gasteiger partial charge in [-0.2, -0.15) is 0 Å². The summed E-state index contributed by atoms with van der Waals surface area (Å²) in [6.45, 7) is 1.69. The SMILES string of the molecule is O=C(CCC1CCOCC1)Nc1ccccc1Br. The molecule has 0 radical (unpaired) electrons. The number of hydrogen-bond acceptors (Lipinski definition) is 2. The lowest BCUT2D eigenvalue weighted by Crippen LogP contribution is -2.18. The first-order valence-electron chi connectivity index (χ1n) is 6.38. The van der Waals surface area contributed by atoms with Crippen LogP contribution in [0.3, 0.4) is 0 Å². The lowest BCUT2D eigenvalue weighted by atomic mass is 9.95. The highest BCUT2D eigenvalue weighted by molar-refractivity contribution is 9.10. The smallest absolute Gasteiger partial charge is 0.224 e. The second-order valence-corrected chi connectivity index (χ2v) is 5.48. The monoisotopic (exact) mass is 311 g/mol. The Morgan fingerprint density at radius 2 is 2.06 bits per heavy atom. The molecule has 0 atom stereocenters. The van der Waals surface area contributed by atoms with Gasteiger partial charge in [0.2, 0.25) is 5.91 Å². The Labute approximate surface area is 116 Å². The number of amides is 1. The van der Waals surface area contributed by atoms with Gasteiger partial charge >= 0.3 is 0 Å². The summed E-state index contributed by atoms with van der Waals surface area (Å²) in [4.78, 5) is 11.8. The Balaban J connectivity index is 1.76. The van der Waals surface area contributed by atoms with Crippen LogP contribution in [0, 0.1) is 5.92 Å². The van der Waals surface area contributed by atoms with Gasteiger partial charge in [0, 0.05) is 24.1 Å². The van der Waals surface area contributed by atoms with Gasteiger partial charge in [-0.1, -0.05) is 12.1 Å². The predicted octanol–water partition coefficient (Wildman–Crippen LogP) is 3.59. The molecule has 4 heteroatoms. The van der Waals surface area contributed by atoms with Crippen molar-refractivity contribution in [3.63, 3.8) is 0 Å². The molecule has 98 valence electrons. The third-order valence-electron chi connectivity index (χ3n) is 3.27. The molecule has 1 amide bonds. The van der Waals surface area contributed by atoms with Crippen molar-refractivity contribution in [3.8, 4) is 0 Å². The highest BCUT2D eigenvalue weighted by Crippen LogP contribution is 2.23. The molecule has 1 N–H and O–H groups in total. The number of ether oxygens (including phenoxy) is 1. The van der Waals surface area contributed by atoms with Crippen LogP contribution in [-0.4, -0.2) is 19.1 Å². The number of halogens is 1. The van der Waals surface area contributed by atoms with E-state index in [1.54, 1.807) is 0 Å². The molecule has 1 aliphatic rings. The zero-order valence-corrected chi connectivity index (χ0v) is 11.9. The number of nitrogens with one attached hydrogen (secondary N) is 1. The highest BCUT2D eigenvalue weighted by atomic mass is 79.9. The third kappa shape index (κ3) is 4.10. The number of hydrogen-bond donors (Lipinski definition) is 1. The topological polar surface area (TPSA) is 38.3 Å². The summed E-state index contributed by atoms with van der Waals surface area (Å²) in [7, 11) is 0. The van der Waals surface area contributed by atoms with Crippen molar-refractivity contribution in [1.82, 2.24) is 0 Å². The zero-order chi connectivity index (χ0) is 12.8. The number of anilines is 1. The minimum absolute atomic E-state index is 0.0911. The minimum atomic E-state index is 0.0911. The molecular weight excluding hydrogens is 294 g/mol. The molecule has 0 spiro atoms. The number of benzene rings is 1. The van der Waals surface area contributed by atoms with Gasteiger partial charge in [-0.25, -0.2) is 0 Å². The molecule has 0 aromatic heterocycles. The molecule has 0 unspecified atom stereocenters. The van der Waals surface area contributed by atoms with Crippen LogP contribution in [-0.2, 0) is 9.53 Å². The maximum atomic E-state index is 11.8. The first-order valence-corrected chi connectivity index (χ1v) is 7.17. The van der Waals surface area contributed by atoms with E-state index in [9.17, 15) is 4.79 Å². The van der Waals surface area contributed by atoms with E-state index in [4.69, 9.17) is 4.74 Å². The second kappa shape index (κ2) is 6.90. The lowest BCUT2D eigenvalue weighted by Gasteiger charge is -2.21. The first kappa shape index (κ1) is 13.6. The van der Waals surface area contributed by atoms with E-state index in [2.05, 4.69) is 21.2 Å². The quantitative estimate of drug-likeness (QED) is 0.922. The lowest BCUT2D eigenvalue weighted by molar-refractivity contribution is -0.116. The fourth-order valence-electron chi connectivity index (χ4n) is 2.15. The van der Waals surface area contributed by atoms with Crippen molar-refractivity contribution in [3.05, 3.63) is 28.7 Å². The largest absolute Gasteiger partial charge is 0.381 e. The van der Waals surface area contributed by atoms with Gasteiger partial charge in [-0.05, 0) is 53.2 Å². The molecule has 1 heterocycles. The average molecular weight is 312 g/mol. The van der Waals surface area contributed by atoms with Crippen molar-refractivity contribution in [2.45, 2.75) is 25.7 Å². The summed E-state index contributed by atoms with van der Waals surface area (Å²) in [6, 6.07) is 7.67. The molecule has 3 nitrogen and oxygen atoms in total. The number of carbonyl (C=O) groups excluding carboxylic acids is 1. The molecule has 0 bridgehead atoms. The van der Waals surface area contributed by atoms with Crippen LogP contribution in [0.25, 0.3) is 0 Å². The molecule has 0 saturated carbocycles. The maximum Gasteiger partial charge on any atom is 0.224 e. The normalized spacial score (nSPS) is 16.5. The number of carbonyl (C=O) groups is 1. The molecule has 1 aromatic carbocycles. The van der Waals surface area contributed by atoms with Crippen molar-refractivity contribution < 1.29 is 9.53 Å². The van der Waals surface area contributed by atoms with E-state index in [0.717, 1.165) is 42.6 Å². The number of rotatable bonds is 4. The third-order valence-corrected chi connectivity index (χ3v) is 3.96. The molecule has 1 aliphatic heterocycles. The van der Waals surface area contributed by atoms with Gasteiger partial charge in [-0.15, -0.1) is 0 Å². The zero-order valence-electron chi connectivity index (χ0n) is 10.3. The van der Waals surface area contributed by atoms with E-state index < -0.39 is 0 Å². The fourth-order valence-corrected chi connectivity index (χ4v) is 2.53.